The summed E-state index contributed by atoms with van der Waals surface area (Å²) in [7, 11) is 0. The highest BCUT2D eigenvalue weighted by atomic mass is 32.1. The van der Waals surface area contributed by atoms with E-state index in [1.165, 1.54) is 21.4 Å². The molecule has 4 heterocycles. The summed E-state index contributed by atoms with van der Waals surface area (Å²) in [4.78, 5) is 13.4. The number of nitrogens with one attached hydrogen (secondary N) is 1. The fraction of sp³-hybridized carbons (Fsp3) is 0.278. The molecule has 1 aliphatic rings. The molecule has 120 valence electrons. The molecule has 1 aliphatic heterocycles. The molecule has 0 fully saturated rings. The minimum Gasteiger partial charge on any atom is -0.326 e. The van der Waals surface area contributed by atoms with Crippen LogP contribution in [0.3, 0.4) is 0 Å². The molecule has 0 spiro atoms. The molecule has 0 bridgehead atoms. The van der Waals surface area contributed by atoms with Gasteiger partial charge in [-0.25, -0.2) is 14.5 Å². The van der Waals surface area contributed by atoms with E-state index in [0.717, 1.165) is 42.4 Å². The van der Waals surface area contributed by atoms with Crippen LogP contribution in [-0.4, -0.2) is 26.1 Å². The average molecular weight is 336 g/mol. The van der Waals surface area contributed by atoms with Crippen LogP contribution in [0.25, 0.3) is 15.9 Å². The van der Waals surface area contributed by atoms with Gasteiger partial charge in [-0.15, -0.1) is 11.3 Å². The van der Waals surface area contributed by atoms with Gasteiger partial charge in [0.15, 0.2) is 5.65 Å². The maximum atomic E-state index is 4.62. The molecule has 6 heteroatoms. The van der Waals surface area contributed by atoms with Crippen molar-refractivity contribution in [2.45, 2.75) is 26.4 Å². The predicted molar refractivity (Wildman–Crippen MR) is 94.3 cm³/mol. The van der Waals surface area contributed by atoms with Gasteiger partial charge in [0, 0.05) is 12.0 Å². The number of hydrogen-bond donors (Lipinski definition) is 1. The SMILES string of the molecule is Cc1nc2c3c4c(sc3ncn2n1)C[NH+](Cc1ccccc1)CC4. The van der Waals surface area contributed by atoms with Crippen LogP contribution in [0.5, 0.6) is 0 Å². The molecule has 1 aromatic carbocycles. The fourth-order valence-corrected chi connectivity index (χ4v) is 4.92. The van der Waals surface area contributed by atoms with Gasteiger partial charge in [0.25, 0.3) is 0 Å². The molecule has 0 radical (unpaired) electrons. The molecular weight excluding hydrogens is 318 g/mol. The second-order valence-corrected chi connectivity index (χ2v) is 7.53. The molecule has 0 saturated heterocycles. The Morgan fingerprint density at radius 3 is 3.00 bits per heavy atom. The van der Waals surface area contributed by atoms with E-state index >= 15 is 0 Å². The first-order chi connectivity index (χ1) is 11.8. The van der Waals surface area contributed by atoms with E-state index < -0.39 is 0 Å². The molecule has 0 saturated carbocycles. The van der Waals surface area contributed by atoms with Gasteiger partial charge in [-0.3, -0.25) is 0 Å². The summed E-state index contributed by atoms with van der Waals surface area (Å²) in [6.45, 7) is 5.25. The summed E-state index contributed by atoms with van der Waals surface area (Å²) in [5, 5.41) is 5.62. The smallest absolute Gasteiger partial charge is 0.167 e. The third-order valence-corrected chi connectivity index (χ3v) is 5.89. The monoisotopic (exact) mass is 336 g/mol. The number of nitrogens with zero attached hydrogens (tertiary/aromatic N) is 4. The summed E-state index contributed by atoms with van der Waals surface area (Å²) >= 11 is 1.83. The Morgan fingerprint density at radius 1 is 1.25 bits per heavy atom. The fourth-order valence-electron chi connectivity index (χ4n) is 3.67. The molecular formula is C18H18N5S+. The second-order valence-electron chi connectivity index (χ2n) is 6.44. The Hall–Kier alpha value is -2.31. The lowest BCUT2D eigenvalue weighted by molar-refractivity contribution is -0.929. The number of aryl methyl sites for hydroxylation is 1. The van der Waals surface area contributed by atoms with Gasteiger partial charge < -0.3 is 4.90 Å². The summed E-state index contributed by atoms with van der Waals surface area (Å²) in [6, 6.07) is 10.8. The number of aromatic nitrogens is 4. The van der Waals surface area contributed by atoms with Gasteiger partial charge in [0.05, 0.1) is 16.8 Å². The summed E-state index contributed by atoms with van der Waals surface area (Å²) in [6.07, 6.45) is 2.87. The lowest BCUT2D eigenvalue weighted by atomic mass is 10.0. The highest BCUT2D eigenvalue weighted by Gasteiger charge is 2.26. The molecule has 5 nitrogen and oxygen atoms in total. The Labute approximate surface area is 143 Å². The van der Waals surface area contributed by atoms with Gasteiger partial charge in [-0.2, -0.15) is 5.10 Å². The van der Waals surface area contributed by atoms with Crippen molar-refractivity contribution in [3.05, 3.63) is 58.5 Å². The topological polar surface area (TPSA) is 47.5 Å². The zero-order chi connectivity index (χ0) is 16.1. The lowest BCUT2D eigenvalue weighted by Gasteiger charge is -2.24. The summed E-state index contributed by atoms with van der Waals surface area (Å²) < 4.78 is 1.81. The maximum absolute atomic E-state index is 4.62. The van der Waals surface area contributed by atoms with Crippen molar-refractivity contribution in [2.24, 2.45) is 0 Å². The first-order valence-electron chi connectivity index (χ1n) is 8.27. The minimum atomic E-state index is 0.802. The Balaban J connectivity index is 1.54. The third kappa shape index (κ3) is 2.22. The van der Waals surface area contributed by atoms with Crippen LogP contribution in [0.4, 0.5) is 0 Å². The molecule has 1 N–H and O–H groups in total. The van der Waals surface area contributed by atoms with E-state index in [2.05, 4.69) is 45.4 Å². The molecule has 0 amide bonds. The largest absolute Gasteiger partial charge is 0.326 e. The number of fused-ring (bicyclic) bond motifs is 5. The summed E-state index contributed by atoms with van der Waals surface area (Å²) in [5.41, 5.74) is 3.81. The molecule has 3 aromatic heterocycles. The highest BCUT2D eigenvalue weighted by molar-refractivity contribution is 7.19. The van der Waals surface area contributed by atoms with Gasteiger partial charge in [0.1, 0.15) is 30.1 Å². The second kappa shape index (κ2) is 5.36. The van der Waals surface area contributed by atoms with Crippen molar-refractivity contribution in [2.75, 3.05) is 6.54 Å². The van der Waals surface area contributed by atoms with E-state index in [9.17, 15) is 0 Å². The molecule has 1 atom stereocenters. The number of hydrogen-bond acceptors (Lipinski definition) is 4. The molecule has 1 unspecified atom stereocenters. The minimum absolute atomic E-state index is 0.802. The number of quaternary nitrogens is 1. The van der Waals surface area contributed by atoms with Gasteiger partial charge in [-0.1, -0.05) is 30.3 Å². The van der Waals surface area contributed by atoms with Crippen LogP contribution in [0, 0.1) is 6.92 Å². The lowest BCUT2D eigenvalue weighted by Crippen LogP contribution is -3.10. The Bertz CT molecular complexity index is 1030. The van der Waals surface area contributed by atoms with E-state index in [1.807, 2.05) is 22.8 Å². The van der Waals surface area contributed by atoms with Crippen molar-refractivity contribution in [3.8, 4) is 0 Å². The van der Waals surface area contributed by atoms with Crippen molar-refractivity contribution in [1.82, 2.24) is 19.6 Å². The van der Waals surface area contributed by atoms with Crippen molar-refractivity contribution >= 4 is 27.2 Å². The Morgan fingerprint density at radius 2 is 2.12 bits per heavy atom. The normalized spacial score (nSPS) is 17.5. The number of thiophene rings is 1. The van der Waals surface area contributed by atoms with Crippen molar-refractivity contribution in [3.63, 3.8) is 0 Å². The van der Waals surface area contributed by atoms with E-state index in [1.54, 1.807) is 11.2 Å². The van der Waals surface area contributed by atoms with Crippen LogP contribution in [0.1, 0.15) is 21.8 Å². The van der Waals surface area contributed by atoms with E-state index in [0.29, 0.717) is 0 Å². The average Bonchev–Trinajstić information content (AvgIpc) is 3.14. The standard InChI is InChI=1S/C18H17N5S/c1-12-20-17-16-14-7-8-22(9-13-5-3-2-4-6-13)10-15(14)24-18(16)19-11-23(17)21-12/h2-6,11H,7-10H2,1H3/p+1. The first-order valence-corrected chi connectivity index (χ1v) is 9.09. The zero-order valence-corrected chi connectivity index (χ0v) is 14.3. The third-order valence-electron chi connectivity index (χ3n) is 4.75. The van der Waals surface area contributed by atoms with Crippen molar-refractivity contribution in [1.29, 1.82) is 0 Å². The summed E-state index contributed by atoms with van der Waals surface area (Å²) in [5.74, 6) is 0.802. The van der Waals surface area contributed by atoms with Crippen LogP contribution >= 0.6 is 11.3 Å². The van der Waals surface area contributed by atoms with Crippen LogP contribution in [0.2, 0.25) is 0 Å². The van der Waals surface area contributed by atoms with E-state index in [4.69, 9.17) is 0 Å². The van der Waals surface area contributed by atoms with Crippen LogP contribution < -0.4 is 4.90 Å². The highest BCUT2D eigenvalue weighted by Crippen LogP contribution is 2.33. The zero-order valence-electron chi connectivity index (χ0n) is 13.5. The van der Waals surface area contributed by atoms with Gasteiger partial charge in [0.2, 0.25) is 0 Å². The first kappa shape index (κ1) is 14.1. The van der Waals surface area contributed by atoms with Gasteiger partial charge >= 0.3 is 0 Å². The number of benzene rings is 1. The molecule has 0 aliphatic carbocycles. The number of rotatable bonds is 2. The van der Waals surface area contributed by atoms with Crippen LogP contribution in [0.15, 0.2) is 36.7 Å². The van der Waals surface area contributed by atoms with Crippen molar-refractivity contribution < 1.29 is 4.90 Å². The Kier molecular flexibility index (Phi) is 3.14. The molecule has 4 aromatic rings. The van der Waals surface area contributed by atoms with Crippen LogP contribution in [-0.2, 0) is 19.5 Å². The van der Waals surface area contributed by atoms with Gasteiger partial charge in [-0.05, 0) is 12.5 Å². The molecule has 24 heavy (non-hydrogen) atoms. The quantitative estimate of drug-likeness (QED) is 0.607. The molecule has 5 rings (SSSR count). The maximum Gasteiger partial charge on any atom is 0.167 e. The predicted octanol–water partition coefficient (Wildman–Crippen LogP) is 1.79. The van der Waals surface area contributed by atoms with E-state index in [-0.39, 0.29) is 0 Å².